The number of hydrogen-bond acceptors (Lipinski definition) is 23. The van der Waals surface area contributed by atoms with E-state index >= 15 is 0 Å². The van der Waals surface area contributed by atoms with Crippen molar-refractivity contribution in [1.29, 1.82) is 0 Å². The van der Waals surface area contributed by atoms with Gasteiger partial charge in [-0.05, 0) is 269 Å². The number of hydrogen-bond donors (Lipinski definition) is 1. The van der Waals surface area contributed by atoms with Gasteiger partial charge in [-0.15, -0.1) is 12.8 Å². The summed E-state index contributed by atoms with van der Waals surface area (Å²) in [4.78, 5) is 3.57. The fourth-order valence-electron chi connectivity index (χ4n) is 20.8. The van der Waals surface area contributed by atoms with Crippen LogP contribution in [0.5, 0.6) is 0 Å². The minimum Gasteiger partial charge on any atom is -0.748 e. The fourth-order valence-corrected chi connectivity index (χ4v) is 24.4. The van der Waals surface area contributed by atoms with Gasteiger partial charge in [-0.1, -0.05) is 167 Å². The first kappa shape index (κ1) is 124. The Bertz CT molecular complexity index is 7360. The van der Waals surface area contributed by atoms with Crippen molar-refractivity contribution < 1.29 is 216 Å². The normalized spacial score (nSPS) is 18.7. The van der Waals surface area contributed by atoms with E-state index in [1.54, 1.807) is 24.3 Å². The number of rotatable bonds is 37. The third kappa shape index (κ3) is 30.1. The molecule has 0 spiro atoms. The Hall–Kier alpha value is -5.59. The van der Waals surface area contributed by atoms with Gasteiger partial charge in [0, 0.05) is 137 Å². The summed E-state index contributed by atoms with van der Waals surface area (Å²) in [5, 5.41) is 10.8. The van der Waals surface area contributed by atoms with Crippen LogP contribution in [0.25, 0.3) is 43.1 Å². The van der Waals surface area contributed by atoms with Crippen molar-refractivity contribution >= 4 is 150 Å². The Balaban J connectivity index is 0.000000364. The summed E-state index contributed by atoms with van der Waals surface area (Å²) in [6.07, 6.45) is 36.1. The van der Waals surface area contributed by atoms with Crippen LogP contribution in [0, 0.1) is 38.5 Å². The number of nitrogens with one attached hydrogen (secondary N) is 1. The maximum Gasteiger partial charge on any atom is 1.00 e. The zero-order valence-electron chi connectivity index (χ0n) is 85.8. The van der Waals surface area contributed by atoms with Crippen LogP contribution < -0.4 is 133 Å². The number of allylic oxidation sites excluding steroid dienone is 12. The molecule has 8 aromatic rings. The molecule has 0 amide bonds. The van der Waals surface area contributed by atoms with Crippen molar-refractivity contribution in [2.45, 2.75) is 229 Å². The molecular formula is C108H128ClN5Na4O20S6. The van der Waals surface area contributed by atoms with Crippen molar-refractivity contribution in [1.82, 2.24) is 5.32 Å². The van der Waals surface area contributed by atoms with Crippen molar-refractivity contribution in [3.05, 3.63) is 248 Å². The van der Waals surface area contributed by atoms with Crippen LogP contribution >= 0.6 is 11.6 Å². The van der Waals surface area contributed by atoms with Crippen LogP contribution in [0.4, 0.5) is 22.7 Å². The zero-order valence-corrected chi connectivity index (χ0v) is 99.5. The van der Waals surface area contributed by atoms with Gasteiger partial charge in [0.2, 0.25) is 11.4 Å². The van der Waals surface area contributed by atoms with Gasteiger partial charge in [0.1, 0.15) is 46.5 Å². The molecule has 752 valence electrons. The Labute approximate surface area is 947 Å². The maximum atomic E-state index is 12.0. The zero-order chi connectivity index (χ0) is 102. The van der Waals surface area contributed by atoms with E-state index in [2.05, 4.69) is 196 Å². The largest absolute Gasteiger partial charge is 1.00 e. The molecule has 0 saturated carbocycles. The number of ether oxygens (including phenoxy) is 2. The Morgan fingerprint density at radius 3 is 1.17 bits per heavy atom. The molecule has 6 aliphatic rings. The number of anilines is 2. The molecule has 4 aliphatic heterocycles. The predicted octanol–water partition coefficient (Wildman–Crippen LogP) is 7.28. The molecule has 0 aromatic heterocycles. The molecule has 2 aliphatic carbocycles. The van der Waals surface area contributed by atoms with Crippen molar-refractivity contribution in [2.75, 3.05) is 85.8 Å². The molecule has 14 rings (SSSR count). The van der Waals surface area contributed by atoms with E-state index < -0.39 is 105 Å². The number of unbranched alkanes of at least 4 members (excludes halogenated alkanes) is 5. The Morgan fingerprint density at radius 2 is 0.799 bits per heavy atom. The Kier molecular flexibility index (Phi) is 44.4. The topological polar surface area (TPSA) is 386 Å². The third-order valence-corrected chi connectivity index (χ3v) is 32.6. The average molecular weight is 2140 g/mol. The van der Waals surface area contributed by atoms with E-state index in [-0.39, 0.29) is 181 Å². The van der Waals surface area contributed by atoms with Crippen LogP contribution in [-0.2, 0) is 91.8 Å². The molecule has 1 N–H and O–H groups in total. The van der Waals surface area contributed by atoms with Gasteiger partial charge in [-0.3, -0.25) is 0 Å². The van der Waals surface area contributed by atoms with Gasteiger partial charge >= 0.3 is 118 Å². The van der Waals surface area contributed by atoms with Gasteiger partial charge < -0.3 is 51.9 Å². The molecule has 8 aromatic carbocycles. The molecule has 0 saturated heterocycles. The van der Waals surface area contributed by atoms with Crippen molar-refractivity contribution in [3.8, 4) is 24.7 Å². The molecule has 25 nitrogen and oxygen atoms in total. The molecule has 144 heavy (non-hydrogen) atoms. The van der Waals surface area contributed by atoms with Crippen molar-refractivity contribution in [3.63, 3.8) is 0 Å². The summed E-state index contributed by atoms with van der Waals surface area (Å²) in [5.74, 6) is 3.37. The minimum atomic E-state index is -4.70. The number of benzene rings is 8. The van der Waals surface area contributed by atoms with E-state index in [1.165, 1.54) is 41.8 Å². The number of fused-ring (bicyclic) bond motifs is 12. The van der Waals surface area contributed by atoms with Crippen LogP contribution in [-0.4, -0.2) is 187 Å². The van der Waals surface area contributed by atoms with Crippen LogP contribution in [0.1, 0.15) is 207 Å². The standard InChI is InChI=1S/C54H64N2O10S3.C50H55ClN2O10S3.C4H11N.4Na.H2/c1-8-10-15-44-39(19-26-49-53(4,5)51-45-22-16-37(3)33-38(45)17-24-47(51)55(49)28-11-13-31-67(57,58)59)34-42(66-30-9-2)35-40(44)20-27-50-54(6,7)52-46-23-21-43(69(63,64)65)36-41(46)18-25-48(52)56(50)29-12-14-32-68(60,61)62;1-7-26-63-38-30-36(15-22-44-49(3,4)46-40-18-12-33(2)29-34(40)13-20-42(46)52(44)24-8-10-27-64(54,55)56)48(51)37(31-38)16-23-45-50(5,6)47-41-19-17-39(66(60,61)62)32-35(41)14-21-43(47)53(45)25-9-11-28-65(57,58)59;1-3-4-5-2;;;;;/h2,16-27,33,36,42H,8,10-15,28-32,34-35H2,1,3-7H3,(H2-,57,58,59,60,61,62,63,64,65);1,12-23,29,32,38H,8-11,24-28,30-31H2,2-6H3,(H2-,54,55,56,57,58,59,60,61,62);5H,3-4H2,1-2H3;;;;;1H/q;;;4*+1;/p-4. The number of terminal acetylenes is 2. The quantitative estimate of drug-likeness (QED) is 0.0131. The molecular weight excluding hydrogens is 2010 g/mol. The fraction of sp³-hybridized carbons (Fsp3) is 0.426. The van der Waals surface area contributed by atoms with Crippen LogP contribution in [0.2, 0.25) is 0 Å². The molecule has 2 atom stereocenters. The second-order valence-corrected chi connectivity index (χ2v) is 48.2. The SMILES string of the molecule is C#CCOC1CC(/C=C/C2=[N+](CCCCS(=O)(=O)[O-])c3ccc4cc(C)ccc4c3C2(C)C)=C(CCCC)C(=C/C=C2/N(CCCCS(=O)(=O)[O-])c3ccc4cc(S(=O)(=O)[O-])ccc4c3C2(C)C)/C1.C#CCOC1CC(/C=C/C2=[N+](CCCCS(=O)(=O)[O-])c3ccc4cc(C)ccc4c3C2(C)C)=C(Cl)C(=C/C=C2/N(CCCCS(=O)(=O)[O-])c3ccc4cc(S(=O)(=O)[O-])ccc4c3C2(C)C)/C1.CCCNC.[HH].[Na+].[Na+].[Na+].[Na+]. The first-order valence-electron chi connectivity index (χ1n) is 47.5. The summed E-state index contributed by atoms with van der Waals surface area (Å²) in [7, 11) is -25.0. The second-order valence-electron chi connectivity index (χ2n) is 39.0. The van der Waals surface area contributed by atoms with Crippen LogP contribution in [0.15, 0.2) is 224 Å². The molecule has 0 fully saturated rings. The van der Waals surface area contributed by atoms with Gasteiger partial charge in [-0.2, -0.15) is 9.15 Å². The monoisotopic (exact) mass is 2130 g/mol. The van der Waals surface area contributed by atoms with E-state index in [1.807, 2.05) is 51.3 Å². The molecule has 0 radical (unpaired) electrons. The smallest absolute Gasteiger partial charge is 0.748 e. The van der Waals surface area contributed by atoms with Crippen molar-refractivity contribution in [2.24, 2.45) is 0 Å². The summed E-state index contributed by atoms with van der Waals surface area (Å²) < 4.78 is 227. The van der Waals surface area contributed by atoms with Gasteiger partial charge in [0.15, 0.2) is 11.4 Å². The first-order valence-corrected chi connectivity index (χ1v) is 57.0. The van der Waals surface area contributed by atoms with Gasteiger partial charge in [0.25, 0.3) is 0 Å². The summed E-state index contributed by atoms with van der Waals surface area (Å²) in [6.45, 7) is 28.6. The summed E-state index contributed by atoms with van der Waals surface area (Å²) >= 11 is 7.38. The Morgan fingerprint density at radius 1 is 0.438 bits per heavy atom. The summed E-state index contributed by atoms with van der Waals surface area (Å²) in [6, 6.07) is 37.4. The van der Waals surface area contributed by atoms with E-state index in [4.69, 9.17) is 33.9 Å². The summed E-state index contributed by atoms with van der Waals surface area (Å²) in [5.41, 5.74) is 16.7. The predicted molar refractivity (Wildman–Crippen MR) is 555 cm³/mol. The third-order valence-electron chi connectivity index (χ3n) is 27.3. The first-order chi connectivity index (χ1) is 65.8. The number of halogens is 1. The second kappa shape index (κ2) is 51.7. The molecule has 36 heteroatoms. The van der Waals surface area contributed by atoms with Crippen LogP contribution in [0.3, 0.4) is 0 Å². The van der Waals surface area contributed by atoms with E-state index in [9.17, 15) is 77.8 Å². The molecule has 4 heterocycles. The van der Waals surface area contributed by atoms with E-state index in [0.29, 0.717) is 93.4 Å². The molecule has 2 unspecified atom stereocenters. The van der Waals surface area contributed by atoms with Gasteiger partial charge in [-0.25, -0.2) is 50.5 Å². The minimum absolute atomic E-state index is 0. The maximum absolute atomic E-state index is 12.0. The number of nitrogens with zero attached hydrogens (tertiary/aromatic N) is 4. The van der Waals surface area contributed by atoms with E-state index in [0.717, 1.165) is 154 Å². The molecule has 0 bridgehead atoms. The van der Waals surface area contributed by atoms with Gasteiger partial charge in [0.05, 0.1) is 73.3 Å². The average Bonchev–Trinajstić information content (AvgIpc) is 1.58. The number of aryl methyl sites for hydroxylation is 2.